The lowest BCUT2D eigenvalue weighted by Gasteiger charge is -2.22. The number of aromatic nitrogens is 1. The van der Waals surface area contributed by atoms with Crippen molar-refractivity contribution in [2.75, 3.05) is 11.9 Å². The zero-order chi connectivity index (χ0) is 16.1. The largest absolute Gasteiger partial charge is 0.508 e. The number of rotatable bonds is 5. The maximum Gasteiger partial charge on any atom is 0.251 e. The molecule has 7 heteroatoms. The molecule has 0 fully saturated rings. The first kappa shape index (κ1) is 16.0. The lowest BCUT2D eigenvalue weighted by Crippen LogP contribution is -2.48. The Morgan fingerprint density at radius 2 is 2.05 bits per heavy atom. The zero-order valence-corrected chi connectivity index (χ0v) is 13.1. The van der Waals surface area contributed by atoms with Gasteiger partial charge < -0.3 is 10.4 Å². The van der Waals surface area contributed by atoms with Crippen LogP contribution in [0.25, 0.3) is 0 Å². The van der Waals surface area contributed by atoms with Crippen LogP contribution < -0.4 is 10.2 Å². The van der Waals surface area contributed by atoms with E-state index in [4.69, 9.17) is 0 Å². The van der Waals surface area contributed by atoms with Crippen molar-refractivity contribution in [2.24, 2.45) is 0 Å². The number of anilines is 1. The number of carbonyl (C=O) groups is 2. The van der Waals surface area contributed by atoms with Crippen molar-refractivity contribution in [3.05, 3.63) is 41.4 Å². The molecule has 6 nitrogen and oxygen atoms in total. The van der Waals surface area contributed by atoms with Crippen LogP contribution in [-0.4, -0.2) is 35.0 Å². The minimum Gasteiger partial charge on any atom is -0.508 e. The van der Waals surface area contributed by atoms with Crippen LogP contribution in [0.4, 0.5) is 5.13 Å². The van der Waals surface area contributed by atoms with Crippen LogP contribution in [0.5, 0.6) is 5.75 Å². The van der Waals surface area contributed by atoms with E-state index in [0.717, 1.165) is 5.56 Å². The molecule has 0 aliphatic carbocycles. The van der Waals surface area contributed by atoms with Crippen LogP contribution in [0, 0.1) is 0 Å². The van der Waals surface area contributed by atoms with Crippen molar-refractivity contribution < 1.29 is 14.7 Å². The molecule has 22 heavy (non-hydrogen) atoms. The lowest BCUT2D eigenvalue weighted by molar-refractivity contribution is -0.126. The van der Waals surface area contributed by atoms with E-state index >= 15 is 0 Å². The normalized spacial score (nSPS) is 11.7. The fourth-order valence-corrected chi connectivity index (χ4v) is 2.64. The molecule has 116 valence electrons. The van der Waals surface area contributed by atoms with E-state index in [2.05, 4.69) is 10.3 Å². The predicted octanol–water partition coefficient (Wildman–Crippen LogP) is 1.56. The van der Waals surface area contributed by atoms with Crippen LogP contribution in [-0.2, 0) is 16.0 Å². The Morgan fingerprint density at radius 3 is 2.59 bits per heavy atom. The molecule has 1 unspecified atom stereocenters. The van der Waals surface area contributed by atoms with Gasteiger partial charge in [-0.1, -0.05) is 12.1 Å². The molecule has 2 rings (SSSR count). The van der Waals surface area contributed by atoms with Crippen molar-refractivity contribution in [3.63, 3.8) is 0 Å². The van der Waals surface area contributed by atoms with Crippen LogP contribution in [0.2, 0.25) is 0 Å². The monoisotopic (exact) mass is 319 g/mol. The summed E-state index contributed by atoms with van der Waals surface area (Å²) in [6.07, 6.45) is 1.96. The van der Waals surface area contributed by atoms with Gasteiger partial charge in [-0.25, -0.2) is 4.98 Å². The molecule has 0 saturated heterocycles. The number of aromatic hydroxyl groups is 1. The summed E-state index contributed by atoms with van der Waals surface area (Å²) in [5.74, 6) is -0.353. The first-order valence-corrected chi connectivity index (χ1v) is 7.57. The van der Waals surface area contributed by atoms with E-state index in [1.165, 1.54) is 23.2 Å². The van der Waals surface area contributed by atoms with Gasteiger partial charge in [0.1, 0.15) is 11.8 Å². The highest BCUT2D eigenvalue weighted by atomic mass is 32.1. The van der Waals surface area contributed by atoms with E-state index in [9.17, 15) is 14.7 Å². The Hall–Kier alpha value is -2.41. The fourth-order valence-electron chi connectivity index (χ4n) is 2.02. The van der Waals surface area contributed by atoms with Gasteiger partial charge in [0.15, 0.2) is 5.13 Å². The Labute approximate surface area is 132 Å². The second kappa shape index (κ2) is 7.04. The minimum atomic E-state index is -0.684. The average Bonchev–Trinajstić information content (AvgIpc) is 3.01. The molecule has 1 heterocycles. The molecule has 0 aliphatic heterocycles. The molecule has 1 aromatic carbocycles. The summed E-state index contributed by atoms with van der Waals surface area (Å²) >= 11 is 1.35. The van der Waals surface area contributed by atoms with E-state index < -0.39 is 6.04 Å². The molecule has 0 saturated carbocycles. The number of hydrogen-bond acceptors (Lipinski definition) is 5. The van der Waals surface area contributed by atoms with Crippen LogP contribution >= 0.6 is 11.3 Å². The number of phenolic OH excluding ortho intramolecular Hbond substituents is 1. The highest BCUT2D eigenvalue weighted by Gasteiger charge is 2.25. The number of thiazole rings is 1. The van der Waals surface area contributed by atoms with Crippen molar-refractivity contribution in [3.8, 4) is 5.75 Å². The van der Waals surface area contributed by atoms with E-state index in [1.54, 1.807) is 42.9 Å². The number of phenols is 1. The van der Waals surface area contributed by atoms with Gasteiger partial charge in [0.05, 0.1) is 0 Å². The third-order valence-electron chi connectivity index (χ3n) is 3.09. The summed E-state index contributed by atoms with van der Waals surface area (Å²) in [6.45, 7) is 1.38. The summed E-state index contributed by atoms with van der Waals surface area (Å²) in [4.78, 5) is 29.5. The number of nitrogens with zero attached hydrogens (tertiary/aromatic N) is 2. The molecule has 0 spiro atoms. The minimum absolute atomic E-state index is 0.158. The molecular weight excluding hydrogens is 302 g/mol. The van der Waals surface area contributed by atoms with Crippen molar-refractivity contribution in [1.82, 2.24) is 10.3 Å². The van der Waals surface area contributed by atoms with Gasteiger partial charge in [0.25, 0.3) is 5.91 Å². The van der Waals surface area contributed by atoms with Crippen LogP contribution in [0.15, 0.2) is 35.8 Å². The molecule has 0 aliphatic rings. The van der Waals surface area contributed by atoms with Gasteiger partial charge in [0.2, 0.25) is 5.91 Å². The average molecular weight is 319 g/mol. The molecule has 0 radical (unpaired) electrons. The lowest BCUT2D eigenvalue weighted by atomic mass is 10.0. The molecule has 2 aromatic rings. The van der Waals surface area contributed by atoms with E-state index in [-0.39, 0.29) is 17.6 Å². The first-order valence-electron chi connectivity index (χ1n) is 6.69. The smallest absolute Gasteiger partial charge is 0.251 e. The van der Waals surface area contributed by atoms with Crippen molar-refractivity contribution in [2.45, 2.75) is 19.4 Å². The SMILES string of the molecule is CC(=O)NC(Cc1ccc(O)cc1)C(=O)N(C)c1nccs1. The summed E-state index contributed by atoms with van der Waals surface area (Å²) in [5.41, 5.74) is 0.845. The second-order valence-corrected chi connectivity index (χ2v) is 5.71. The molecule has 2 N–H and O–H groups in total. The Bertz CT molecular complexity index is 641. The van der Waals surface area contributed by atoms with Gasteiger partial charge in [-0.3, -0.25) is 14.5 Å². The molecule has 1 aromatic heterocycles. The standard InChI is InChI=1S/C15H17N3O3S/c1-10(19)17-13(9-11-3-5-12(20)6-4-11)14(21)18(2)15-16-7-8-22-15/h3-8,13,20H,9H2,1-2H3,(H,17,19). The van der Waals surface area contributed by atoms with Gasteiger partial charge in [-0.2, -0.15) is 0 Å². The zero-order valence-electron chi connectivity index (χ0n) is 12.3. The van der Waals surface area contributed by atoms with E-state index in [1.807, 2.05) is 0 Å². The van der Waals surface area contributed by atoms with Crippen molar-refractivity contribution in [1.29, 1.82) is 0 Å². The highest BCUT2D eigenvalue weighted by molar-refractivity contribution is 7.13. The Morgan fingerprint density at radius 1 is 1.36 bits per heavy atom. The third kappa shape index (κ3) is 4.05. The number of benzene rings is 1. The van der Waals surface area contributed by atoms with Crippen LogP contribution in [0.1, 0.15) is 12.5 Å². The quantitative estimate of drug-likeness (QED) is 0.876. The molecule has 1 atom stereocenters. The highest BCUT2D eigenvalue weighted by Crippen LogP contribution is 2.18. The number of nitrogens with one attached hydrogen (secondary N) is 1. The fraction of sp³-hybridized carbons (Fsp3) is 0.267. The Balaban J connectivity index is 2.16. The number of carbonyl (C=O) groups excluding carboxylic acids is 2. The summed E-state index contributed by atoms with van der Waals surface area (Å²) < 4.78 is 0. The maximum atomic E-state index is 12.6. The first-order chi connectivity index (χ1) is 10.5. The van der Waals surface area contributed by atoms with Gasteiger partial charge in [-0.15, -0.1) is 11.3 Å². The molecular formula is C15H17N3O3S. The number of hydrogen-bond donors (Lipinski definition) is 2. The Kier molecular flexibility index (Phi) is 5.11. The molecule has 0 bridgehead atoms. The van der Waals surface area contributed by atoms with Gasteiger partial charge in [0, 0.05) is 32.0 Å². The number of amides is 2. The van der Waals surface area contributed by atoms with Crippen molar-refractivity contribution >= 4 is 28.3 Å². The van der Waals surface area contributed by atoms with Crippen LogP contribution in [0.3, 0.4) is 0 Å². The number of likely N-dealkylation sites (N-methyl/N-ethyl adjacent to an activating group) is 1. The summed E-state index contributed by atoms with van der Waals surface area (Å²) in [6, 6.07) is 5.86. The van der Waals surface area contributed by atoms with E-state index in [0.29, 0.717) is 11.6 Å². The second-order valence-electron chi connectivity index (χ2n) is 4.84. The van der Waals surface area contributed by atoms with Gasteiger partial charge in [-0.05, 0) is 17.7 Å². The maximum absolute atomic E-state index is 12.6. The van der Waals surface area contributed by atoms with Gasteiger partial charge >= 0.3 is 0 Å². The third-order valence-corrected chi connectivity index (χ3v) is 3.94. The summed E-state index contributed by atoms with van der Waals surface area (Å²) in [5, 5.41) is 14.3. The summed E-state index contributed by atoms with van der Waals surface area (Å²) in [7, 11) is 1.63. The topological polar surface area (TPSA) is 82.5 Å². The molecule has 2 amide bonds. The predicted molar refractivity (Wildman–Crippen MR) is 84.9 cm³/mol.